The summed E-state index contributed by atoms with van der Waals surface area (Å²) in [5, 5.41) is 10.9. The first-order valence-corrected chi connectivity index (χ1v) is 6.01. The fourth-order valence-corrected chi connectivity index (χ4v) is 4.03. The molecule has 1 rings (SSSR count). The lowest BCUT2D eigenvalue weighted by Gasteiger charge is -2.37. The molecule has 3 heteroatoms. The van der Waals surface area contributed by atoms with Crippen molar-refractivity contribution in [3.63, 3.8) is 0 Å². The highest BCUT2D eigenvalue weighted by atomic mass is 32.2. The first kappa shape index (κ1) is 9.75. The number of hydrogen-bond acceptors (Lipinski definition) is 3. The minimum absolute atomic E-state index is 0.371. The largest absolute Gasteiger partial charge is 0.379 e. The van der Waals surface area contributed by atoms with E-state index in [1.54, 1.807) is 11.8 Å². The Morgan fingerprint density at radius 3 is 2.73 bits per heavy atom. The van der Waals surface area contributed by atoms with Gasteiger partial charge in [-0.3, -0.25) is 0 Å². The predicted octanol–water partition coefficient (Wildman–Crippen LogP) is 2.34. The van der Waals surface area contributed by atoms with Gasteiger partial charge >= 0.3 is 0 Å². The second kappa shape index (κ2) is 3.58. The second-order valence-electron chi connectivity index (χ2n) is 3.18. The van der Waals surface area contributed by atoms with Crippen LogP contribution in [0.5, 0.6) is 0 Å². The first-order chi connectivity index (χ1) is 5.06. The van der Waals surface area contributed by atoms with E-state index < -0.39 is 4.93 Å². The molecule has 1 aliphatic rings. The molecule has 1 heterocycles. The summed E-state index contributed by atoms with van der Waals surface area (Å²) in [5.41, 5.74) is 0. The third-order valence-electron chi connectivity index (χ3n) is 2.15. The average molecular weight is 192 g/mol. The molecule has 0 aliphatic carbocycles. The Morgan fingerprint density at radius 2 is 2.27 bits per heavy atom. The van der Waals surface area contributed by atoms with Crippen LogP contribution in [0.4, 0.5) is 0 Å². The van der Waals surface area contributed by atoms with Crippen LogP contribution in [-0.2, 0) is 0 Å². The Kier molecular flexibility index (Phi) is 3.18. The lowest BCUT2D eigenvalue weighted by molar-refractivity contribution is 0.157. The molecule has 1 N–H and O–H groups in total. The molecule has 3 atom stereocenters. The molecule has 3 unspecified atom stereocenters. The summed E-state index contributed by atoms with van der Waals surface area (Å²) < 4.78 is 0. The van der Waals surface area contributed by atoms with E-state index in [1.165, 1.54) is 12.2 Å². The summed E-state index contributed by atoms with van der Waals surface area (Å²) in [5.74, 6) is 1.19. The zero-order chi connectivity index (χ0) is 8.48. The van der Waals surface area contributed by atoms with Gasteiger partial charge in [-0.25, -0.2) is 0 Å². The predicted molar refractivity (Wildman–Crippen MR) is 54.2 cm³/mol. The van der Waals surface area contributed by atoms with E-state index in [0.29, 0.717) is 10.5 Å². The Morgan fingerprint density at radius 1 is 1.64 bits per heavy atom. The average Bonchev–Trinajstić information content (AvgIpc) is 1.95. The fourth-order valence-electron chi connectivity index (χ4n) is 1.07. The zero-order valence-electron chi connectivity index (χ0n) is 7.33. The molecule has 1 saturated heterocycles. The second-order valence-corrected chi connectivity index (χ2v) is 6.28. The maximum atomic E-state index is 9.89. The van der Waals surface area contributed by atoms with E-state index in [9.17, 15) is 5.11 Å². The molecule has 1 fully saturated rings. The van der Waals surface area contributed by atoms with E-state index in [0.717, 1.165) is 0 Å². The quantitative estimate of drug-likeness (QED) is 0.688. The van der Waals surface area contributed by atoms with Gasteiger partial charge < -0.3 is 5.11 Å². The van der Waals surface area contributed by atoms with Crippen LogP contribution in [0.25, 0.3) is 0 Å². The Hall–Kier alpha value is 0.660. The summed E-state index contributed by atoms with van der Waals surface area (Å²) in [6.45, 7) is 6.21. The molecule has 0 aromatic heterocycles. The van der Waals surface area contributed by atoms with Gasteiger partial charge in [-0.2, -0.15) is 11.8 Å². The van der Waals surface area contributed by atoms with Crippen molar-refractivity contribution in [1.82, 2.24) is 0 Å². The molecule has 0 aromatic carbocycles. The highest BCUT2D eigenvalue weighted by Gasteiger charge is 2.36. The summed E-state index contributed by atoms with van der Waals surface area (Å²) in [7, 11) is 0. The molecule has 0 saturated carbocycles. The van der Waals surface area contributed by atoms with Crippen molar-refractivity contribution in [2.24, 2.45) is 0 Å². The van der Waals surface area contributed by atoms with E-state index in [4.69, 9.17) is 0 Å². The topological polar surface area (TPSA) is 20.2 Å². The molecule has 0 spiro atoms. The van der Waals surface area contributed by atoms with Gasteiger partial charge in [0.1, 0.15) is 4.93 Å². The van der Waals surface area contributed by atoms with Crippen molar-refractivity contribution < 1.29 is 5.11 Å². The normalized spacial score (nSPS) is 45.8. The van der Waals surface area contributed by atoms with Crippen LogP contribution in [0.1, 0.15) is 27.2 Å². The molecule has 0 amide bonds. The van der Waals surface area contributed by atoms with Crippen LogP contribution in [0, 0.1) is 0 Å². The van der Waals surface area contributed by atoms with Gasteiger partial charge in [0.25, 0.3) is 0 Å². The van der Waals surface area contributed by atoms with Gasteiger partial charge in [0.2, 0.25) is 0 Å². The van der Waals surface area contributed by atoms with Gasteiger partial charge in [-0.05, 0) is 20.3 Å². The lowest BCUT2D eigenvalue weighted by atomic mass is 10.3. The molecule has 0 bridgehead atoms. The monoisotopic (exact) mass is 192 g/mol. The van der Waals surface area contributed by atoms with E-state index in [2.05, 4.69) is 13.8 Å². The summed E-state index contributed by atoms with van der Waals surface area (Å²) >= 11 is 3.62. The molecular weight excluding hydrogens is 176 g/mol. The SMILES string of the molecule is CCC1CSC(C)C(C)(O)S1. The van der Waals surface area contributed by atoms with E-state index in [-0.39, 0.29) is 0 Å². The summed E-state index contributed by atoms with van der Waals surface area (Å²) in [6, 6.07) is 0. The summed E-state index contributed by atoms with van der Waals surface area (Å²) in [6.07, 6.45) is 1.17. The van der Waals surface area contributed by atoms with Gasteiger partial charge in [-0.15, -0.1) is 11.8 Å². The standard InChI is InChI=1S/C8H16OS2/c1-4-7-5-10-6(2)8(3,9)11-7/h6-7,9H,4-5H2,1-3H3. The fraction of sp³-hybridized carbons (Fsp3) is 1.00. The van der Waals surface area contributed by atoms with Crippen LogP contribution < -0.4 is 0 Å². The van der Waals surface area contributed by atoms with Crippen molar-refractivity contribution in [3.8, 4) is 0 Å². The Labute approximate surface area is 77.3 Å². The van der Waals surface area contributed by atoms with E-state index in [1.807, 2.05) is 18.7 Å². The first-order valence-electron chi connectivity index (χ1n) is 4.08. The van der Waals surface area contributed by atoms with Gasteiger partial charge in [0.15, 0.2) is 0 Å². The van der Waals surface area contributed by atoms with Gasteiger partial charge in [0.05, 0.1) is 0 Å². The maximum absolute atomic E-state index is 9.89. The molecule has 1 aliphatic heterocycles. The zero-order valence-corrected chi connectivity index (χ0v) is 8.97. The molecule has 66 valence electrons. The van der Waals surface area contributed by atoms with Crippen LogP contribution in [0.2, 0.25) is 0 Å². The Bertz CT molecular complexity index is 136. The van der Waals surface area contributed by atoms with Gasteiger partial charge in [0, 0.05) is 16.3 Å². The number of rotatable bonds is 1. The minimum Gasteiger partial charge on any atom is -0.379 e. The summed E-state index contributed by atoms with van der Waals surface area (Å²) in [4.78, 5) is -0.510. The highest BCUT2D eigenvalue weighted by Crippen LogP contribution is 2.43. The number of aliphatic hydroxyl groups is 1. The van der Waals surface area contributed by atoms with Crippen LogP contribution in [0.15, 0.2) is 0 Å². The smallest absolute Gasteiger partial charge is 0.119 e. The van der Waals surface area contributed by atoms with Crippen molar-refractivity contribution in [3.05, 3.63) is 0 Å². The van der Waals surface area contributed by atoms with E-state index >= 15 is 0 Å². The molecule has 1 nitrogen and oxygen atoms in total. The van der Waals surface area contributed by atoms with Crippen molar-refractivity contribution >= 4 is 23.5 Å². The van der Waals surface area contributed by atoms with Crippen LogP contribution >= 0.6 is 23.5 Å². The van der Waals surface area contributed by atoms with Crippen molar-refractivity contribution in [1.29, 1.82) is 0 Å². The van der Waals surface area contributed by atoms with Crippen LogP contribution in [-0.4, -0.2) is 26.3 Å². The number of hydrogen-bond donors (Lipinski definition) is 1. The van der Waals surface area contributed by atoms with Crippen LogP contribution in [0.3, 0.4) is 0 Å². The van der Waals surface area contributed by atoms with Crippen molar-refractivity contribution in [2.45, 2.75) is 42.6 Å². The lowest BCUT2D eigenvalue weighted by Crippen LogP contribution is -2.38. The molecular formula is C8H16OS2. The third-order valence-corrected chi connectivity index (χ3v) is 5.73. The number of thioether (sulfide) groups is 2. The Balaban J connectivity index is 2.52. The molecule has 0 aromatic rings. The molecule has 11 heavy (non-hydrogen) atoms. The maximum Gasteiger partial charge on any atom is 0.119 e. The van der Waals surface area contributed by atoms with Gasteiger partial charge in [-0.1, -0.05) is 6.92 Å². The third kappa shape index (κ3) is 2.30. The molecule has 0 radical (unpaired) electrons. The van der Waals surface area contributed by atoms with Crippen molar-refractivity contribution in [2.75, 3.05) is 5.75 Å². The minimum atomic E-state index is -0.510. The highest BCUT2D eigenvalue weighted by molar-refractivity contribution is 8.07.